The highest BCUT2D eigenvalue weighted by molar-refractivity contribution is 5.89. The monoisotopic (exact) mass is 453 g/mol. The Morgan fingerprint density at radius 2 is 1.61 bits per heavy atom. The first kappa shape index (κ1) is 24.3. The summed E-state index contributed by atoms with van der Waals surface area (Å²) >= 11 is 0. The molecule has 0 bridgehead atoms. The maximum absolute atomic E-state index is 13.0. The molecule has 12 heteroatoms. The first-order chi connectivity index (χ1) is 14.2. The lowest BCUT2D eigenvalue weighted by Gasteiger charge is -2.35. The van der Waals surface area contributed by atoms with Crippen molar-refractivity contribution >= 4 is 12.1 Å². The van der Waals surface area contributed by atoms with E-state index >= 15 is 0 Å². The molecule has 1 N–H and O–H groups in total. The van der Waals surface area contributed by atoms with Crippen molar-refractivity contribution < 1.29 is 50.5 Å². The highest BCUT2D eigenvalue weighted by Crippen LogP contribution is 2.48. The largest absolute Gasteiger partial charge is 0.465 e. The van der Waals surface area contributed by atoms with Gasteiger partial charge in [-0.3, -0.25) is 0 Å². The van der Waals surface area contributed by atoms with E-state index in [0.29, 0.717) is 12.2 Å². The van der Waals surface area contributed by atoms with Crippen LogP contribution in [-0.4, -0.2) is 60.2 Å². The Morgan fingerprint density at radius 1 is 1.06 bits per heavy atom. The number of esters is 1. The fourth-order valence-corrected chi connectivity index (χ4v) is 2.74. The summed E-state index contributed by atoms with van der Waals surface area (Å²) in [6.45, 7) is 0. The third-order valence-electron chi connectivity index (χ3n) is 4.58. The minimum absolute atomic E-state index is 0.0454. The molecule has 1 unspecified atom stereocenters. The molecule has 1 aliphatic rings. The molecule has 1 atom stereocenters. The van der Waals surface area contributed by atoms with Gasteiger partial charge in [-0.2, -0.15) is 26.3 Å². The van der Waals surface area contributed by atoms with Crippen molar-refractivity contribution in [2.45, 2.75) is 30.4 Å². The zero-order valence-corrected chi connectivity index (χ0v) is 16.1. The van der Waals surface area contributed by atoms with E-state index in [0.717, 1.165) is 11.0 Å². The van der Waals surface area contributed by atoms with E-state index in [-0.39, 0.29) is 11.3 Å². The summed E-state index contributed by atoms with van der Waals surface area (Å²) in [6.07, 6.45) is -11.4. The number of rotatable bonds is 4. The lowest BCUT2D eigenvalue weighted by atomic mass is 9.87. The number of methoxy groups -OCH3 is 1. The van der Waals surface area contributed by atoms with Crippen LogP contribution < -0.4 is 4.74 Å². The zero-order valence-electron chi connectivity index (χ0n) is 16.1. The van der Waals surface area contributed by atoms with Gasteiger partial charge in [-0.25, -0.2) is 9.59 Å². The molecule has 6 nitrogen and oxygen atoms in total. The molecule has 0 fully saturated rings. The van der Waals surface area contributed by atoms with Crippen LogP contribution in [0.4, 0.5) is 31.1 Å². The van der Waals surface area contributed by atoms with Crippen LogP contribution in [0.5, 0.6) is 5.75 Å². The van der Waals surface area contributed by atoms with Gasteiger partial charge in [0, 0.05) is 7.05 Å². The molecule has 0 radical (unpaired) electrons. The van der Waals surface area contributed by atoms with Crippen molar-refractivity contribution in [2.24, 2.45) is 0 Å². The molecular weight excluding hydrogens is 436 g/mol. The number of hydrogen-bond acceptors (Lipinski definition) is 5. The molecule has 0 heterocycles. The summed E-state index contributed by atoms with van der Waals surface area (Å²) in [6, 6.07) is 4.35. The van der Waals surface area contributed by atoms with Gasteiger partial charge in [0.25, 0.3) is 5.60 Å². The molecule has 0 saturated carbocycles. The Kier molecular flexibility index (Phi) is 6.74. The molecular formula is C19H17F6NO5. The summed E-state index contributed by atoms with van der Waals surface area (Å²) in [7, 11) is 2.42. The van der Waals surface area contributed by atoms with Crippen molar-refractivity contribution in [2.75, 3.05) is 14.2 Å². The van der Waals surface area contributed by atoms with Crippen LogP contribution in [0.15, 0.2) is 48.1 Å². The Morgan fingerprint density at radius 3 is 2.03 bits per heavy atom. The Bertz CT molecular complexity index is 875. The quantitative estimate of drug-likeness (QED) is 0.551. The van der Waals surface area contributed by atoms with E-state index in [2.05, 4.69) is 4.74 Å². The number of alkyl halides is 6. The predicted molar refractivity (Wildman–Crippen MR) is 94.3 cm³/mol. The highest BCUT2D eigenvalue weighted by Gasteiger charge is 2.71. The van der Waals surface area contributed by atoms with Crippen LogP contribution in [0.2, 0.25) is 0 Å². The van der Waals surface area contributed by atoms with E-state index in [1.54, 1.807) is 0 Å². The third-order valence-corrected chi connectivity index (χ3v) is 4.58. The van der Waals surface area contributed by atoms with Crippen molar-refractivity contribution in [3.63, 3.8) is 0 Å². The Hall–Kier alpha value is -3.02. The topological polar surface area (TPSA) is 76.1 Å². The maximum Gasteiger partial charge on any atom is 0.430 e. The number of benzene rings is 1. The second-order valence-electron chi connectivity index (χ2n) is 6.52. The van der Waals surface area contributed by atoms with Crippen LogP contribution >= 0.6 is 0 Å². The van der Waals surface area contributed by atoms with E-state index in [1.165, 1.54) is 38.4 Å². The van der Waals surface area contributed by atoms with E-state index in [9.17, 15) is 41.0 Å². The molecule has 2 rings (SSSR count). The number of likely N-dealkylation sites (N-methyl/N-ethyl adjacent to an activating group) is 1. The van der Waals surface area contributed by atoms with Gasteiger partial charge in [-0.15, -0.1) is 0 Å². The number of ether oxygens (including phenoxy) is 2. The fraction of sp³-hybridized carbons (Fsp3) is 0.368. The van der Waals surface area contributed by atoms with Gasteiger partial charge >= 0.3 is 24.4 Å². The average Bonchev–Trinajstić information content (AvgIpc) is 2.71. The number of carbonyl (C=O) groups excluding carboxylic acids is 2. The van der Waals surface area contributed by atoms with Gasteiger partial charge in [-0.1, -0.05) is 18.2 Å². The second kappa shape index (κ2) is 8.61. The number of carbonyl (C=O) groups is 2. The van der Waals surface area contributed by atoms with E-state index < -0.39 is 48.1 Å². The van der Waals surface area contributed by atoms with E-state index in [1.807, 2.05) is 0 Å². The van der Waals surface area contributed by atoms with Crippen LogP contribution in [0.3, 0.4) is 0 Å². The molecule has 1 aliphatic carbocycles. The van der Waals surface area contributed by atoms with Gasteiger partial charge in [0.2, 0.25) is 0 Å². The Balaban J connectivity index is 2.09. The molecule has 0 saturated heterocycles. The maximum atomic E-state index is 13.0. The summed E-state index contributed by atoms with van der Waals surface area (Å²) in [5.41, 5.74) is -6.21. The van der Waals surface area contributed by atoms with E-state index in [4.69, 9.17) is 4.74 Å². The zero-order chi connectivity index (χ0) is 23.6. The normalized spacial score (nSPS) is 17.1. The molecule has 0 spiro atoms. The van der Waals surface area contributed by atoms with Gasteiger partial charge in [-0.05, 0) is 36.3 Å². The minimum Gasteiger partial charge on any atom is -0.465 e. The summed E-state index contributed by atoms with van der Waals surface area (Å²) in [5.74, 6) is -0.563. The van der Waals surface area contributed by atoms with Gasteiger partial charge in [0.05, 0.1) is 18.7 Å². The molecule has 1 aromatic rings. The first-order valence-corrected chi connectivity index (χ1v) is 8.60. The number of nitrogens with zero attached hydrogens (tertiary/aromatic N) is 1. The summed E-state index contributed by atoms with van der Waals surface area (Å²) < 4.78 is 87.3. The van der Waals surface area contributed by atoms with Crippen LogP contribution in [0.25, 0.3) is 0 Å². The van der Waals surface area contributed by atoms with Crippen LogP contribution in [0.1, 0.15) is 16.8 Å². The van der Waals surface area contributed by atoms with Crippen LogP contribution in [-0.2, 0) is 4.74 Å². The van der Waals surface area contributed by atoms with Crippen molar-refractivity contribution in [3.8, 4) is 5.75 Å². The number of hydrogen-bond donors (Lipinski definition) is 1. The number of aliphatic hydroxyl groups is 1. The third kappa shape index (κ3) is 4.84. The smallest absolute Gasteiger partial charge is 0.430 e. The summed E-state index contributed by atoms with van der Waals surface area (Å²) in [5, 5.41) is 9.41. The molecule has 0 aromatic heterocycles. The molecule has 1 amide bonds. The van der Waals surface area contributed by atoms with Crippen molar-refractivity contribution in [1.82, 2.24) is 4.90 Å². The lowest BCUT2D eigenvalue weighted by Crippen LogP contribution is -2.58. The molecule has 0 aliphatic heterocycles. The predicted octanol–water partition coefficient (Wildman–Crippen LogP) is 4.01. The number of amides is 1. The molecule has 31 heavy (non-hydrogen) atoms. The fourth-order valence-electron chi connectivity index (χ4n) is 2.74. The number of halogens is 6. The van der Waals surface area contributed by atoms with Gasteiger partial charge in [0.15, 0.2) is 0 Å². The molecule has 1 aromatic carbocycles. The SMILES string of the molecule is COC(=O)c1ccc(OC(=O)N(C)C2C=CC(C(O)(C(F)(F)F)C(F)(F)F)=CC2)cc1. The van der Waals surface area contributed by atoms with Gasteiger partial charge in [0.1, 0.15) is 5.75 Å². The van der Waals surface area contributed by atoms with Crippen molar-refractivity contribution in [3.05, 3.63) is 53.6 Å². The van der Waals surface area contributed by atoms with Crippen molar-refractivity contribution in [1.29, 1.82) is 0 Å². The highest BCUT2D eigenvalue weighted by atomic mass is 19.4. The van der Waals surface area contributed by atoms with Gasteiger partial charge < -0.3 is 19.5 Å². The standard InChI is InChI=1S/C19H17F6NO5/c1-26(16(28)31-14-9-3-11(4-10-14)15(27)30-2)13-7-5-12(6-8-13)17(29,18(20,21)22)19(23,24)25/h3-7,9-10,13,29H,8H2,1-2H3. The van der Waals surface area contributed by atoms with Crippen LogP contribution in [0, 0.1) is 0 Å². The minimum atomic E-state index is -5.99. The molecule has 170 valence electrons. The summed E-state index contributed by atoms with van der Waals surface area (Å²) in [4.78, 5) is 24.6. The lowest BCUT2D eigenvalue weighted by molar-refractivity contribution is -0.351. The average molecular weight is 453 g/mol. The second-order valence-corrected chi connectivity index (χ2v) is 6.52. The Labute approximate surface area is 172 Å². The first-order valence-electron chi connectivity index (χ1n) is 8.60.